The highest BCUT2D eigenvalue weighted by Gasteiger charge is 2.43. The van der Waals surface area contributed by atoms with Gasteiger partial charge in [0.15, 0.2) is 29.8 Å². The summed E-state index contributed by atoms with van der Waals surface area (Å²) in [5, 5.41) is 10.2. The zero-order chi connectivity index (χ0) is 28.4. The molecular weight excluding hydrogens is 529 g/mol. The molecule has 1 aliphatic heterocycles. The highest BCUT2D eigenvalue weighted by atomic mass is 19.3. The molecule has 1 aliphatic rings. The van der Waals surface area contributed by atoms with Gasteiger partial charge in [0, 0.05) is 25.8 Å². The summed E-state index contributed by atoms with van der Waals surface area (Å²) in [7, 11) is 1.44. The number of halogens is 3. The molecular formula is C26H29F3N8O3. The minimum Gasteiger partial charge on any atom is -0.464 e. The lowest BCUT2D eigenvalue weighted by Crippen LogP contribution is -2.63. The monoisotopic (exact) mass is 558 g/mol. The van der Waals surface area contributed by atoms with Gasteiger partial charge in [-0.15, -0.1) is 0 Å². The van der Waals surface area contributed by atoms with Gasteiger partial charge < -0.3 is 35.5 Å². The second kappa shape index (κ2) is 11.2. The Morgan fingerprint density at radius 3 is 2.75 bits per heavy atom. The Labute approximate surface area is 227 Å². The fourth-order valence-corrected chi connectivity index (χ4v) is 4.97. The van der Waals surface area contributed by atoms with E-state index in [-0.39, 0.29) is 37.9 Å². The Balaban J connectivity index is 1.55. The van der Waals surface area contributed by atoms with Gasteiger partial charge in [0.1, 0.15) is 17.9 Å². The van der Waals surface area contributed by atoms with Crippen LogP contribution in [0, 0.1) is 5.82 Å². The molecule has 0 radical (unpaired) electrons. The van der Waals surface area contributed by atoms with Gasteiger partial charge in [-0.2, -0.15) is 0 Å². The van der Waals surface area contributed by atoms with Crippen molar-refractivity contribution in [1.29, 1.82) is 0 Å². The van der Waals surface area contributed by atoms with Crippen molar-refractivity contribution in [3.63, 3.8) is 0 Å². The minimum atomic E-state index is -2.97. The number of imidazole rings is 1. The fourth-order valence-electron chi connectivity index (χ4n) is 4.97. The summed E-state index contributed by atoms with van der Waals surface area (Å²) in [4.78, 5) is 19.0. The van der Waals surface area contributed by atoms with E-state index in [9.17, 15) is 18.3 Å². The first-order chi connectivity index (χ1) is 19.2. The lowest BCUT2D eigenvalue weighted by atomic mass is 9.84. The van der Waals surface area contributed by atoms with Crippen molar-refractivity contribution in [2.45, 2.75) is 37.5 Å². The SMILES string of the molecule is COCOc1ccc(-c2cc(Cn3cnc4c(N)ncnc43)c(N3CCC[C@](N)([C@@H](O)C(F)F)C3)cn2)cc1F. The maximum absolute atomic E-state index is 14.7. The number of nitrogens with zero attached hydrogens (tertiary/aromatic N) is 6. The number of rotatable bonds is 9. The molecule has 11 nitrogen and oxygen atoms in total. The highest BCUT2D eigenvalue weighted by molar-refractivity contribution is 5.81. The summed E-state index contributed by atoms with van der Waals surface area (Å²) in [6.45, 7) is 0.662. The van der Waals surface area contributed by atoms with Crippen LogP contribution in [0.2, 0.25) is 0 Å². The molecule has 0 amide bonds. The highest BCUT2D eigenvalue weighted by Crippen LogP contribution is 2.34. The Bertz CT molecular complexity index is 1500. The number of ether oxygens (including phenoxy) is 2. The van der Waals surface area contributed by atoms with Gasteiger partial charge in [0.2, 0.25) is 0 Å². The molecule has 5 N–H and O–H groups in total. The first-order valence-electron chi connectivity index (χ1n) is 12.5. The lowest BCUT2D eigenvalue weighted by Gasteiger charge is -2.44. The van der Waals surface area contributed by atoms with Crippen LogP contribution in [0.1, 0.15) is 18.4 Å². The molecule has 0 aliphatic carbocycles. The molecule has 40 heavy (non-hydrogen) atoms. The summed E-state index contributed by atoms with van der Waals surface area (Å²) in [6.07, 6.45) is 0.293. The van der Waals surface area contributed by atoms with E-state index < -0.39 is 23.9 Å². The zero-order valence-corrected chi connectivity index (χ0v) is 21.7. The van der Waals surface area contributed by atoms with Crippen LogP contribution in [-0.4, -0.2) is 74.7 Å². The van der Waals surface area contributed by atoms with Gasteiger partial charge in [0.05, 0.1) is 36.0 Å². The van der Waals surface area contributed by atoms with E-state index in [1.165, 1.54) is 25.6 Å². The molecule has 0 saturated carbocycles. The molecule has 1 saturated heterocycles. The van der Waals surface area contributed by atoms with E-state index >= 15 is 0 Å². The van der Waals surface area contributed by atoms with Gasteiger partial charge in [-0.1, -0.05) is 0 Å². The number of alkyl halides is 2. The molecule has 4 aromatic rings. The molecule has 0 bridgehead atoms. The average molecular weight is 559 g/mol. The third-order valence-electron chi connectivity index (χ3n) is 7.02. The normalized spacial score (nSPS) is 18.4. The Kier molecular flexibility index (Phi) is 7.74. The third kappa shape index (κ3) is 5.37. The molecule has 3 aromatic heterocycles. The average Bonchev–Trinajstić information content (AvgIpc) is 3.35. The van der Waals surface area contributed by atoms with Crippen LogP contribution in [0.25, 0.3) is 22.4 Å². The second-order valence-corrected chi connectivity index (χ2v) is 9.74. The number of hydrogen-bond donors (Lipinski definition) is 3. The number of nitrogens with two attached hydrogens (primary N) is 2. The molecule has 212 valence electrons. The maximum atomic E-state index is 14.7. The number of piperidine rings is 1. The minimum absolute atomic E-state index is 0.00745. The smallest absolute Gasteiger partial charge is 0.265 e. The van der Waals surface area contributed by atoms with Crippen LogP contribution in [0.15, 0.2) is 43.1 Å². The topological polar surface area (TPSA) is 150 Å². The van der Waals surface area contributed by atoms with E-state index in [2.05, 4.69) is 19.9 Å². The Hall–Kier alpha value is -4.01. The number of benzene rings is 1. The number of aliphatic hydroxyl groups is 1. The maximum Gasteiger partial charge on any atom is 0.265 e. The van der Waals surface area contributed by atoms with Crippen LogP contribution in [-0.2, 0) is 11.3 Å². The van der Waals surface area contributed by atoms with Crippen LogP contribution in [0.5, 0.6) is 5.75 Å². The van der Waals surface area contributed by atoms with Gasteiger partial charge in [0.25, 0.3) is 6.43 Å². The van der Waals surface area contributed by atoms with Gasteiger partial charge in [-0.3, -0.25) is 4.98 Å². The number of methoxy groups -OCH3 is 1. The number of anilines is 2. The first-order valence-corrected chi connectivity index (χ1v) is 12.5. The van der Waals surface area contributed by atoms with Crippen LogP contribution >= 0.6 is 0 Å². The number of nitrogen functional groups attached to an aromatic ring is 1. The van der Waals surface area contributed by atoms with Crippen molar-refractivity contribution in [2.24, 2.45) is 5.73 Å². The summed E-state index contributed by atoms with van der Waals surface area (Å²) >= 11 is 0. The number of aromatic nitrogens is 5. The van der Waals surface area contributed by atoms with Crippen molar-refractivity contribution in [2.75, 3.05) is 37.6 Å². The van der Waals surface area contributed by atoms with Crippen molar-refractivity contribution < 1.29 is 27.8 Å². The summed E-state index contributed by atoms with van der Waals surface area (Å²) in [6, 6.07) is 6.25. The molecule has 14 heteroatoms. The number of aliphatic hydroxyl groups excluding tert-OH is 1. The van der Waals surface area contributed by atoms with Crippen molar-refractivity contribution in [3.8, 4) is 17.0 Å². The van der Waals surface area contributed by atoms with Gasteiger partial charge in [-0.25, -0.2) is 28.1 Å². The predicted octanol–water partition coefficient (Wildman–Crippen LogP) is 2.56. The lowest BCUT2D eigenvalue weighted by molar-refractivity contribution is -0.0529. The molecule has 5 rings (SSSR count). The largest absolute Gasteiger partial charge is 0.464 e. The summed E-state index contributed by atoms with van der Waals surface area (Å²) in [5.41, 5.74) is 14.0. The van der Waals surface area contributed by atoms with Crippen LogP contribution < -0.4 is 21.1 Å². The fraction of sp³-hybridized carbons (Fsp3) is 0.385. The molecule has 1 fully saturated rings. The molecule has 0 spiro atoms. The van der Waals surface area contributed by atoms with Crippen molar-refractivity contribution in [3.05, 3.63) is 54.5 Å². The number of fused-ring (bicyclic) bond motifs is 1. The molecule has 1 aromatic carbocycles. The van der Waals surface area contributed by atoms with Crippen LogP contribution in [0.4, 0.5) is 24.7 Å². The van der Waals surface area contributed by atoms with Crippen molar-refractivity contribution in [1.82, 2.24) is 24.5 Å². The van der Waals surface area contributed by atoms with E-state index in [0.717, 1.165) is 5.56 Å². The Morgan fingerprint density at radius 2 is 2.00 bits per heavy atom. The van der Waals surface area contributed by atoms with E-state index in [0.29, 0.717) is 41.1 Å². The third-order valence-corrected chi connectivity index (χ3v) is 7.02. The molecule has 2 atom stereocenters. The quantitative estimate of drug-likeness (QED) is 0.262. The van der Waals surface area contributed by atoms with Gasteiger partial charge in [-0.05, 0) is 42.7 Å². The second-order valence-electron chi connectivity index (χ2n) is 9.74. The summed E-state index contributed by atoms with van der Waals surface area (Å²) in [5.74, 6) is -0.315. The molecule has 4 heterocycles. The Morgan fingerprint density at radius 1 is 1.18 bits per heavy atom. The number of hydrogen-bond acceptors (Lipinski definition) is 10. The van der Waals surface area contributed by atoms with Crippen molar-refractivity contribution >= 4 is 22.7 Å². The van der Waals surface area contributed by atoms with E-state index in [1.807, 2.05) is 4.90 Å². The molecule has 0 unspecified atom stereocenters. The number of pyridine rings is 1. The van der Waals surface area contributed by atoms with E-state index in [1.54, 1.807) is 29.2 Å². The standard InChI is InChI=1S/C26H29F3N8O3/c1-39-14-40-20-4-3-15(7-17(20)27)18-8-16(10-37-13-35-21-24(30)33-12-34-25(21)37)19(9-32-18)36-6-2-5-26(31,11-36)22(38)23(28)29/h3-4,7-9,12-13,22-23,38H,2,5-6,10-11,14,31H2,1H3,(H2,30,33,34)/t22-,26+/m0/s1. The van der Waals surface area contributed by atoms with Gasteiger partial charge >= 0.3 is 0 Å². The zero-order valence-electron chi connectivity index (χ0n) is 21.7. The first kappa shape index (κ1) is 27.6. The summed E-state index contributed by atoms with van der Waals surface area (Å²) < 4.78 is 53.4. The predicted molar refractivity (Wildman–Crippen MR) is 141 cm³/mol. The van der Waals surface area contributed by atoms with Crippen LogP contribution in [0.3, 0.4) is 0 Å². The van der Waals surface area contributed by atoms with E-state index in [4.69, 9.17) is 20.9 Å².